The lowest BCUT2D eigenvalue weighted by atomic mass is 10.3. The van der Waals surface area contributed by atoms with Crippen molar-refractivity contribution in [1.82, 2.24) is 9.97 Å². The number of rotatable bonds is 0. The van der Waals surface area contributed by atoms with Gasteiger partial charge in [-0.05, 0) is 18.2 Å². The predicted octanol–water partition coefficient (Wildman–Crippen LogP) is 1.58. The van der Waals surface area contributed by atoms with E-state index in [9.17, 15) is 0 Å². The molecule has 2 nitrogen and oxygen atoms in total. The van der Waals surface area contributed by atoms with E-state index in [1.165, 1.54) is 0 Å². The maximum atomic E-state index is 4.12. The first-order valence-electron chi connectivity index (χ1n) is 3.11. The molecule has 2 aliphatic heterocycles. The quantitative estimate of drug-likeness (QED) is 0.541. The molecule has 10 heavy (non-hydrogen) atoms. The van der Waals surface area contributed by atoms with Gasteiger partial charge in [-0.25, -0.2) is 0 Å². The molecule has 0 aromatic rings. The summed E-state index contributed by atoms with van der Waals surface area (Å²) in [7, 11) is 0. The maximum Gasteiger partial charge on any atom is 0.0718 e. The van der Waals surface area contributed by atoms with Crippen LogP contribution >= 0.6 is 0 Å². The van der Waals surface area contributed by atoms with Gasteiger partial charge in [-0.1, -0.05) is 0 Å². The van der Waals surface area contributed by atoms with Crippen molar-refractivity contribution in [2.75, 3.05) is 0 Å². The lowest BCUT2D eigenvalue weighted by Gasteiger charge is -1.82. The number of nitrogens with zero attached hydrogens (tertiary/aromatic N) is 2. The fourth-order valence-electron chi connectivity index (χ4n) is 0.913. The molecule has 0 bridgehead atoms. The smallest absolute Gasteiger partial charge is 0.0718 e. The Balaban J connectivity index is 2.74. The summed E-state index contributed by atoms with van der Waals surface area (Å²) in [5.41, 5.74) is 2.09. The molecule has 0 spiro atoms. The third-order valence-corrected chi connectivity index (χ3v) is 1.40. The van der Waals surface area contributed by atoms with E-state index in [4.69, 9.17) is 0 Å². The molecule has 0 aromatic carbocycles. The zero-order valence-corrected chi connectivity index (χ0v) is 5.36. The Kier molecular flexibility index (Phi) is 1.10. The van der Waals surface area contributed by atoms with Crippen molar-refractivity contribution in [3.05, 3.63) is 36.8 Å². The van der Waals surface area contributed by atoms with E-state index in [0.29, 0.717) is 0 Å². The molecule has 0 N–H and O–H groups in total. The molecule has 2 rings (SSSR count). The summed E-state index contributed by atoms with van der Waals surface area (Å²) in [6.45, 7) is 0. The fraction of sp³-hybridized carbons (Fsp3) is 0. The molecule has 0 saturated heterocycles. The van der Waals surface area contributed by atoms with Crippen LogP contribution in [0.3, 0.4) is 0 Å². The maximum absolute atomic E-state index is 4.12. The van der Waals surface area contributed by atoms with Crippen molar-refractivity contribution in [2.45, 2.75) is 0 Å². The largest absolute Gasteiger partial charge is 0.264 e. The minimum Gasteiger partial charge on any atom is -0.264 e. The Bertz CT molecular complexity index is 278. The molecular formula is C8H6N2. The Labute approximate surface area is 58.9 Å². The monoisotopic (exact) mass is 130 g/mol. The zero-order valence-electron chi connectivity index (χ0n) is 5.36. The Morgan fingerprint density at radius 3 is 3.10 bits per heavy atom. The number of hydrogen-bond acceptors (Lipinski definition) is 2. The Morgan fingerprint density at radius 2 is 2.10 bits per heavy atom. The molecule has 0 unspecified atom stereocenters. The van der Waals surface area contributed by atoms with E-state index in [-0.39, 0.29) is 0 Å². The number of hydrogen-bond donors (Lipinski definition) is 0. The van der Waals surface area contributed by atoms with Gasteiger partial charge in [0.05, 0.1) is 5.69 Å². The van der Waals surface area contributed by atoms with Gasteiger partial charge < -0.3 is 0 Å². The van der Waals surface area contributed by atoms with Gasteiger partial charge in [0, 0.05) is 24.2 Å². The fourth-order valence-corrected chi connectivity index (χ4v) is 0.913. The van der Waals surface area contributed by atoms with Crippen LogP contribution in [0.2, 0.25) is 0 Å². The number of aromatic nitrogens is 2. The summed E-state index contributed by atoms with van der Waals surface area (Å²) in [6, 6.07) is 5.78. The lowest BCUT2D eigenvalue weighted by Crippen LogP contribution is -1.66. The van der Waals surface area contributed by atoms with Crippen LogP contribution in [0.4, 0.5) is 0 Å². The van der Waals surface area contributed by atoms with Crippen LogP contribution in [-0.4, -0.2) is 9.97 Å². The van der Waals surface area contributed by atoms with Crippen molar-refractivity contribution >= 4 is 0 Å². The van der Waals surface area contributed by atoms with Crippen LogP contribution in [-0.2, 0) is 0 Å². The SMILES string of the molecule is c1cncc2ccnc-2c1. The van der Waals surface area contributed by atoms with Crippen molar-refractivity contribution in [1.29, 1.82) is 0 Å². The number of fused-ring (bicyclic) bond motifs is 1. The molecule has 0 aliphatic carbocycles. The van der Waals surface area contributed by atoms with Crippen LogP contribution in [0.5, 0.6) is 0 Å². The van der Waals surface area contributed by atoms with Crippen LogP contribution < -0.4 is 0 Å². The first kappa shape index (κ1) is 5.35. The molecule has 0 atom stereocenters. The zero-order chi connectivity index (χ0) is 6.81. The highest BCUT2D eigenvalue weighted by Crippen LogP contribution is 2.15. The van der Waals surface area contributed by atoms with Crippen LogP contribution in [0.15, 0.2) is 36.8 Å². The highest BCUT2D eigenvalue weighted by molar-refractivity contribution is 5.58. The summed E-state index contributed by atoms with van der Waals surface area (Å²) in [5.74, 6) is 0. The second kappa shape index (κ2) is 2.06. The van der Waals surface area contributed by atoms with Crippen LogP contribution in [0, 0.1) is 0 Å². The van der Waals surface area contributed by atoms with Gasteiger partial charge in [0.15, 0.2) is 0 Å². The van der Waals surface area contributed by atoms with Gasteiger partial charge >= 0.3 is 0 Å². The third kappa shape index (κ3) is 0.739. The average Bonchev–Trinajstić information content (AvgIpc) is 2.28. The Morgan fingerprint density at radius 1 is 1.10 bits per heavy atom. The van der Waals surface area contributed by atoms with Crippen molar-refractivity contribution in [3.63, 3.8) is 0 Å². The van der Waals surface area contributed by atoms with Gasteiger partial charge in [-0.15, -0.1) is 0 Å². The summed E-state index contributed by atoms with van der Waals surface area (Å²) in [4.78, 5) is 8.13. The molecule has 48 valence electrons. The van der Waals surface area contributed by atoms with Crippen LogP contribution in [0.25, 0.3) is 11.3 Å². The van der Waals surface area contributed by atoms with E-state index in [0.717, 1.165) is 11.3 Å². The summed E-state index contributed by atoms with van der Waals surface area (Å²) in [5, 5.41) is 0. The lowest BCUT2D eigenvalue weighted by molar-refractivity contribution is 1.37. The molecule has 0 saturated carbocycles. The second-order valence-corrected chi connectivity index (χ2v) is 2.07. The molecular weight excluding hydrogens is 124 g/mol. The Hall–Kier alpha value is -1.44. The molecule has 2 aliphatic rings. The summed E-state index contributed by atoms with van der Waals surface area (Å²) < 4.78 is 0. The van der Waals surface area contributed by atoms with E-state index < -0.39 is 0 Å². The summed E-state index contributed by atoms with van der Waals surface area (Å²) in [6.07, 6.45) is 5.34. The van der Waals surface area contributed by atoms with Gasteiger partial charge in [0.2, 0.25) is 0 Å². The summed E-state index contributed by atoms with van der Waals surface area (Å²) >= 11 is 0. The van der Waals surface area contributed by atoms with Crippen LogP contribution in [0.1, 0.15) is 0 Å². The highest BCUT2D eigenvalue weighted by atomic mass is 14.7. The third-order valence-electron chi connectivity index (χ3n) is 1.40. The van der Waals surface area contributed by atoms with E-state index >= 15 is 0 Å². The normalized spacial score (nSPS) is 10.0. The van der Waals surface area contributed by atoms with Crippen molar-refractivity contribution in [3.8, 4) is 11.3 Å². The van der Waals surface area contributed by atoms with Crippen molar-refractivity contribution < 1.29 is 0 Å². The molecule has 2 heteroatoms. The molecule has 0 amide bonds. The first-order chi connectivity index (χ1) is 4.97. The molecule has 2 heterocycles. The highest BCUT2D eigenvalue weighted by Gasteiger charge is 1.97. The van der Waals surface area contributed by atoms with Gasteiger partial charge in [-0.2, -0.15) is 0 Å². The van der Waals surface area contributed by atoms with Gasteiger partial charge in [0.1, 0.15) is 0 Å². The van der Waals surface area contributed by atoms with Crippen molar-refractivity contribution in [2.24, 2.45) is 0 Å². The minimum absolute atomic E-state index is 0.998. The van der Waals surface area contributed by atoms with E-state index in [2.05, 4.69) is 9.97 Å². The molecule has 0 fully saturated rings. The first-order valence-corrected chi connectivity index (χ1v) is 3.11. The van der Waals surface area contributed by atoms with E-state index in [1.807, 2.05) is 24.4 Å². The average molecular weight is 130 g/mol. The van der Waals surface area contributed by atoms with Gasteiger partial charge in [-0.3, -0.25) is 9.97 Å². The molecule has 0 radical (unpaired) electrons. The van der Waals surface area contributed by atoms with E-state index in [1.54, 1.807) is 12.4 Å². The predicted molar refractivity (Wildman–Crippen MR) is 38.7 cm³/mol. The molecule has 0 aromatic heterocycles. The van der Waals surface area contributed by atoms with Gasteiger partial charge in [0.25, 0.3) is 0 Å². The second-order valence-electron chi connectivity index (χ2n) is 2.07. The standard InChI is InChI=1S/C8H6N2/c1-2-8-7(3-5-10-8)6-9-4-1/h1-6H. The minimum atomic E-state index is 0.998. The topological polar surface area (TPSA) is 25.8 Å².